The maximum Gasteiger partial charge on any atom is 0.137 e. The number of fused-ring (bicyclic) bond motifs is 1. The second-order valence-electron chi connectivity index (χ2n) is 3.86. The van der Waals surface area contributed by atoms with Crippen molar-refractivity contribution in [2.45, 2.75) is 26.3 Å². The number of pyridine rings is 1. The van der Waals surface area contributed by atoms with Crippen molar-refractivity contribution < 1.29 is 0 Å². The lowest BCUT2D eigenvalue weighted by atomic mass is 10.3. The minimum absolute atomic E-state index is 0.736. The van der Waals surface area contributed by atoms with Crippen molar-refractivity contribution in [2.24, 2.45) is 0 Å². The van der Waals surface area contributed by atoms with Gasteiger partial charge in [0.05, 0.1) is 16.9 Å². The number of halogens is 1. The minimum Gasteiger partial charge on any atom is -0.311 e. The van der Waals surface area contributed by atoms with Crippen LogP contribution >= 0.6 is 11.6 Å². The molecule has 2 rings (SSSR count). The summed E-state index contributed by atoms with van der Waals surface area (Å²) in [4.78, 5) is 4.32. The van der Waals surface area contributed by atoms with Crippen molar-refractivity contribution in [3.8, 4) is 0 Å². The third-order valence-electron chi connectivity index (χ3n) is 2.56. The summed E-state index contributed by atoms with van der Waals surface area (Å²) in [5.74, 6) is 0. The van der Waals surface area contributed by atoms with Crippen LogP contribution in [0.15, 0.2) is 24.5 Å². The molecule has 0 radical (unpaired) electrons. The van der Waals surface area contributed by atoms with E-state index in [1.165, 1.54) is 12.8 Å². The molecule has 0 aliphatic rings. The van der Waals surface area contributed by atoms with Crippen LogP contribution in [0.3, 0.4) is 0 Å². The summed E-state index contributed by atoms with van der Waals surface area (Å²) < 4.78 is 2.03. The lowest BCUT2D eigenvalue weighted by Gasteiger charge is -2.04. The van der Waals surface area contributed by atoms with E-state index in [0.29, 0.717) is 0 Å². The molecule has 86 valence electrons. The molecule has 0 saturated carbocycles. The third-order valence-corrected chi connectivity index (χ3v) is 2.78. The van der Waals surface area contributed by atoms with Crippen LogP contribution in [0, 0.1) is 0 Å². The SMILES string of the molecule is CCCCNCc1cnc2ccc(Cl)cn12. The van der Waals surface area contributed by atoms with E-state index in [0.717, 1.165) is 29.5 Å². The van der Waals surface area contributed by atoms with Gasteiger partial charge in [-0.25, -0.2) is 4.98 Å². The second-order valence-corrected chi connectivity index (χ2v) is 4.29. The van der Waals surface area contributed by atoms with Crippen molar-refractivity contribution in [2.75, 3.05) is 6.54 Å². The van der Waals surface area contributed by atoms with Crippen molar-refractivity contribution >= 4 is 17.2 Å². The number of nitrogens with zero attached hydrogens (tertiary/aromatic N) is 2. The standard InChI is InChI=1S/C12H16ClN3/c1-2-3-6-14-7-11-8-15-12-5-4-10(13)9-16(11)12/h4-5,8-9,14H,2-3,6-7H2,1H3. The fourth-order valence-corrected chi connectivity index (χ4v) is 1.81. The highest BCUT2D eigenvalue weighted by atomic mass is 35.5. The molecule has 1 N–H and O–H groups in total. The van der Waals surface area contributed by atoms with Crippen LogP contribution in [-0.2, 0) is 6.54 Å². The van der Waals surface area contributed by atoms with Gasteiger partial charge in [0, 0.05) is 12.7 Å². The van der Waals surface area contributed by atoms with Crippen LogP contribution in [0.1, 0.15) is 25.5 Å². The van der Waals surface area contributed by atoms with Gasteiger partial charge >= 0.3 is 0 Å². The lowest BCUT2D eigenvalue weighted by Crippen LogP contribution is -2.15. The Morgan fingerprint density at radius 1 is 1.44 bits per heavy atom. The van der Waals surface area contributed by atoms with Gasteiger partial charge in [0.25, 0.3) is 0 Å². The first-order chi connectivity index (χ1) is 7.81. The number of hydrogen-bond acceptors (Lipinski definition) is 2. The molecule has 2 aromatic rings. The van der Waals surface area contributed by atoms with Gasteiger partial charge in [-0.1, -0.05) is 24.9 Å². The molecular weight excluding hydrogens is 222 g/mol. The fraction of sp³-hybridized carbons (Fsp3) is 0.417. The van der Waals surface area contributed by atoms with Gasteiger partial charge in [-0.2, -0.15) is 0 Å². The molecule has 0 unspecified atom stereocenters. The van der Waals surface area contributed by atoms with Crippen LogP contribution in [0.4, 0.5) is 0 Å². The molecule has 4 heteroatoms. The van der Waals surface area contributed by atoms with Crippen molar-refractivity contribution in [3.05, 3.63) is 35.2 Å². The highest BCUT2D eigenvalue weighted by molar-refractivity contribution is 6.30. The predicted octanol–water partition coefficient (Wildman–Crippen LogP) is 2.88. The Labute approximate surface area is 100 Å². The summed E-state index contributed by atoms with van der Waals surface area (Å²) in [6, 6.07) is 3.79. The zero-order valence-corrected chi connectivity index (χ0v) is 10.2. The van der Waals surface area contributed by atoms with E-state index in [9.17, 15) is 0 Å². The Balaban J connectivity index is 2.09. The Morgan fingerprint density at radius 2 is 2.31 bits per heavy atom. The van der Waals surface area contributed by atoms with Crippen LogP contribution in [-0.4, -0.2) is 15.9 Å². The number of imidazole rings is 1. The molecule has 3 nitrogen and oxygen atoms in total. The monoisotopic (exact) mass is 237 g/mol. The van der Waals surface area contributed by atoms with E-state index in [4.69, 9.17) is 11.6 Å². The average molecular weight is 238 g/mol. The van der Waals surface area contributed by atoms with Crippen LogP contribution < -0.4 is 5.32 Å². The zero-order valence-electron chi connectivity index (χ0n) is 9.41. The molecule has 0 saturated heterocycles. The van der Waals surface area contributed by atoms with E-state index in [-0.39, 0.29) is 0 Å². The van der Waals surface area contributed by atoms with E-state index in [1.807, 2.05) is 28.9 Å². The number of nitrogens with one attached hydrogen (secondary N) is 1. The highest BCUT2D eigenvalue weighted by Crippen LogP contribution is 2.12. The second kappa shape index (κ2) is 5.32. The Hall–Kier alpha value is -1.06. The summed E-state index contributed by atoms with van der Waals surface area (Å²) in [6.07, 6.45) is 6.22. The first kappa shape index (κ1) is 11.4. The predicted molar refractivity (Wildman–Crippen MR) is 66.8 cm³/mol. The zero-order chi connectivity index (χ0) is 11.4. The molecule has 0 fully saturated rings. The van der Waals surface area contributed by atoms with E-state index < -0.39 is 0 Å². The van der Waals surface area contributed by atoms with Crippen LogP contribution in [0.2, 0.25) is 5.02 Å². The number of rotatable bonds is 5. The maximum atomic E-state index is 5.96. The third kappa shape index (κ3) is 2.54. The molecule has 0 aliphatic heterocycles. The summed E-state index contributed by atoms with van der Waals surface area (Å²) >= 11 is 5.96. The molecule has 0 aromatic carbocycles. The quantitative estimate of drug-likeness (QED) is 0.811. The molecule has 0 bridgehead atoms. The van der Waals surface area contributed by atoms with Gasteiger partial charge in [-0.3, -0.25) is 0 Å². The largest absolute Gasteiger partial charge is 0.311 e. The van der Waals surface area contributed by atoms with Gasteiger partial charge in [-0.15, -0.1) is 0 Å². The molecule has 0 atom stereocenters. The lowest BCUT2D eigenvalue weighted by molar-refractivity contribution is 0.631. The number of aromatic nitrogens is 2. The van der Waals surface area contributed by atoms with Gasteiger partial charge in [0.2, 0.25) is 0 Å². The summed E-state index contributed by atoms with van der Waals surface area (Å²) in [6.45, 7) is 4.07. The van der Waals surface area contributed by atoms with Gasteiger partial charge in [-0.05, 0) is 25.1 Å². The summed E-state index contributed by atoms with van der Waals surface area (Å²) in [5, 5.41) is 4.13. The molecular formula is C12H16ClN3. The summed E-state index contributed by atoms with van der Waals surface area (Å²) in [7, 11) is 0. The molecule has 0 spiro atoms. The van der Waals surface area contributed by atoms with Crippen molar-refractivity contribution in [1.82, 2.24) is 14.7 Å². The topological polar surface area (TPSA) is 29.3 Å². The number of hydrogen-bond donors (Lipinski definition) is 1. The van der Waals surface area contributed by atoms with E-state index >= 15 is 0 Å². The molecule has 0 amide bonds. The minimum atomic E-state index is 0.736. The molecule has 0 aliphatic carbocycles. The average Bonchev–Trinajstić information content (AvgIpc) is 2.67. The van der Waals surface area contributed by atoms with Crippen LogP contribution in [0.5, 0.6) is 0 Å². The number of unbranched alkanes of at least 4 members (excludes halogenated alkanes) is 1. The molecule has 2 aromatic heterocycles. The van der Waals surface area contributed by atoms with Crippen molar-refractivity contribution in [3.63, 3.8) is 0 Å². The summed E-state index contributed by atoms with van der Waals surface area (Å²) in [5.41, 5.74) is 2.09. The van der Waals surface area contributed by atoms with Gasteiger partial charge in [0.15, 0.2) is 0 Å². The Bertz CT molecular complexity index is 464. The van der Waals surface area contributed by atoms with Crippen molar-refractivity contribution in [1.29, 1.82) is 0 Å². The Morgan fingerprint density at radius 3 is 3.12 bits per heavy atom. The fourth-order valence-electron chi connectivity index (χ4n) is 1.65. The first-order valence-electron chi connectivity index (χ1n) is 5.63. The maximum absolute atomic E-state index is 5.96. The first-order valence-corrected chi connectivity index (χ1v) is 6.01. The highest BCUT2D eigenvalue weighted by Gasteiger charge is 2.02. The van der Waals surface area contributed by atoms with E-state index in [2.05, 4.69) is 17.2 Å². The van der Waals surface area contributed by atoms with Crippen LogP contribution in [0.25, 0.3) is 5.65 Å². The van der Waals surface area contributed by atoms with Gasteiger partial charge in [0.1, 0.15) is 5.65 Å². The van der Waals surface area contributed by atoms with E-state index in [1.54, 1.807) is 0 Å². The molecule has 16 heavy (non-hydrogen) atoms. The normalized spacial score (nSPS) is 11.1. The smallest absolute Gasteiger partial charge is 0.137 e. The van der Waals surface area contributed by atoms with Gasteiger partial charge < -0.3 is 9.72 Å². The Kier molecular flexibility index (Phi) is 3.80. The molecule has 2 heterocycles.